The Balaban J connectivity index is 2.00. The van der Waals surface area contributed by atoms with E-state index in [0.717, 1.165) is 17.8 Å². The molecular formula is C11H20. The molecule has 0 heteroatoms. The highest BCUT2D eigenvalue weighted by Gasteiger charge is 2.33. The molecule has 0 aromatic heterocycles. The van der Waals surface area contributed by atoms with Crippen molar-refractivity contribution in [3.05, 3.63) is 0 Å². The minimum absolute atomic E-state index is 1.05. The highest BCUT2D eigenvalue weighted by molar-refractivity contribution is 4.84. The van der Waals surface area contributed by atoms with Gasteiger partial charge in [-0.1, -0.05) is 39.0 Å². The van der Waals surface area contributed by atoms with Crippen LogP contribution in [0.15, 0.2) is 0 Å². The third kappa shape index (κ3) is 1.45. The van der Waals surface area contributed by atoms with E-state index in [1.54, 1.807) is 19.3 Å². The van der Waals surface area contributed by atoms with Crippen LogP contribution < -0.4 is 0 Å². The average molecular weight is 152 g/mol. The predicted octanol–water partition coefficient (Wildman–Crippen LogP) is 3.61. The van der Waals surface area contributed by atoms with Gasteiger partial charge in [0, 0.05) is 0 Å². The monoisotopic (exact) mass is 152 g/mol. The van der Waals surface area contributed by atoms with Crippen LogP contribution in [0, 0.1) is 17.8 Å². The van der Waals surface area contributed by atoms with Gasteiger partial charge in [0.15, 0.2) is 0 Å². The van der Waals surface area contributed by atoms with Crippen LogP contribution in [0.4, 0.5) is 0 Å². The maximum absolute atomic E-state index is 2.47. The normalized spacial score (nSPS) is 45.0. The summed E-state index contributed by atoms with van der Waals surface area (Å²) in [4.78, 5) is 0. The first-order valence-corrected chi connectivity index (χ1v) is 5.38. The molecule has 0 aromatic rings. The standard InChI is InChI=1S/C11H20/c1-9-7-8-10-5-3-2-4-6-11(9)10/h9-11H,2-8H2,1H3. The molecule has 0 radical (unpaired) electrons. The van der Waals surface area contributed by atoms with Crippen molar-refractivity contribution in [3.63, 3.8) is 0 Å². The molecule has 11 heavy (non-hydrogen) atoms. The number of rotatable bonds is 0. The molecule has 2 fully saturated rings. The molecule has 0 heterocycles. The van der Waals surface area contributed by atoms with Crippen molar-refractivity contribution in [2.45, 2.75) is 51.9 Å². The van der Waals surface area contributed by atoms with Crippen LogP contribution in [0.25, 0.3) is 0 Å². The van der Waals surface area contributed by atoms with Crippen molar-refractivity contribution in [1.82, 2.24) is 0 Å². The van der Waals surface area contributed by atoms with Crippen molar-refractivity contribution >= 4 is 0 Å². The Morgan fingerprint density at radius 1 is 0.818 bits per heavy atom. The summed E-state index contributed by atoms with van der Waals surface area (Å²) in [5, 5.41) is 0. The fourth-order valence-electron chi connectivity index (χ4n) is 3.21. The van der Waals surface area contributed by atoms with Crippen molar-refractivity contribution in [2.75, 3.05) is 0 Å². The van der Waals surface area contributed by atoms with Gasteiger partial charge in [0.25, 0.3) is 0 Å². The fourth-order valence-corrected chi connectivity index (χ4v) is 3.21. The Morgan fingerprint density at radius 3 is 2.55 bits per heavy atom. The summed E-state index contributed by atoms with van der Waals surface area (Å²) >= 11 is 0. The van der Waals surface area contributed by atoms with Gasteiger partial charge in [0.05, 0.1) is 0 Å². The highest BCUT2D eigenvalue weighted by atomic mass is 14.4. The molecule has 2 rings (SSSR count). The van der Waals surface area contributed by atoms with Crippen LogP contribution in [-0.4, -0.2) is 0 Å². The van der Waals surface area contributed by atoms with Gasteiger partial charge in [-0.2, -0.15) is 0 Å². The molecule has 2 aliphatic carbocycles. The highest BCUT2D eigenvalue weighted by Crippen LogP contribution is 2.44. The maximum atomic E-state index is 2.47. The van der Waals surface area contributed by atoms with Crippen LogP contribution in [0.1, 0.15) is 51.9 Å². The van der Waals surface area contributed by atoms with E-state index >= 15 is 0 Å². The van der Waals surface area contributed by atoms with E-state index in [9.17, 15) is 0 Å². The zero-order chi connectivity index (χ0) is 7.68. The Bertz CT molecular complexity index is 128. The van der Waals surface area contributed by atoms with Gasteiger partial charge in [-0.05, 0) is 30.6 Å². The molecule has 3 atom stereocenters. The first kappa shape index (κ1) is 7.64. The molecular weight excluding hydrogens is 132 g/mol. The summed E-state index contributed by atoms with van der Waals surface area (Å²) in [6, 6.07) is 0. The Hall–Kier alpha value is 0. The van der Waals surface area contributed by atoms with Crippen LogP contribution in [0.5, 0.6) is 0 Å². The zero-order valence-electron chi connectivity index (χ0n) is 7.68. The number of hydrogen-bond acceptors (Lipinski definition) is 0. The molecule has 0 nitrogen and oxygen atoms in total. The van der Waals surface area contributed by atoms with Crippen molar-refractivity contribution in [3.8, 4) is 0 Å². The molecule has 0 spiro atoms. The van der Waals surface area contributed by atoms with Crippen LogP contribution in [-0.2, 0) is 0 Å². The molecule has 0 amide bonds. The third-order valence-corrected chi connectivity index (χ3v) is 3.94. The third-order valence-electron chi connectivity index (χ3n) is 3.94. The summed E-state index contributed by atoms with van der Waals surface area (Å²) < 4.78 is 0. The molecule has 0 aliphatic heterocycles. The Kier molecular flexibility index (Phi) is 2.20. The summed E-state index contributed by atoms with van der Waals surface area (Å²) in [6.45, 7) is 2.47. The lowest BCUT2D eigenvalue weighted by atomic mass is 9.87. The van der Waals surface area contributed by atoms with Gasteiger partial charge in [0.2, 0.25) is 0 Å². The second-order valence-corrected chi connectivity index (χ2v) is 4.62. The number of fused-ring (bicyclic) bond motifs is 1. The van der Waals surface area contributed by atoms with Crippen molar-refractivity contribution in [2.24, 2.45) is 17.8 Å². The smallest absolute Gasteiger partial charge is 0.0360 e. The van der Waals surface area contributed by atoms with Crippen molar-refractivity contribution < 1.29 is 0 Å². The predicted molar refractivity (Wildman–Crippen MR) is 48.5 cm³/mol. The topological polar surface area (TPSA) is 0 Å². The van der Waals surface area contributed by atoms with Gasteiger partial charge in [-0.3, -0.25) is 0 Å². The Morgan fingerprint density at radius 2 is 1.64 bits per heavy atom. The Labute approximate surface area is 70.4 Å². The van der Waals surface area contributed by atoms with E-state index in [1.165, 1.54) is 25.7 Å². The van der Waals surface area contributed by atoms with E-state index in [0.29, 0.717) is 0 Å². The zero-order valence-corrected chi connectivity index (χ0v) is 7.68. The summed E-state index contributed by atoms with van der Waals surface area (Å²) in [5.74, 6) is 3.31. The maximum Gasteiger partial charge on any atom is -0.0360 e. The SMILES string of the molecule is CC1CCC2CCCCCC12. The van der Waals surface area contributed by atoms with E-state index in [2.05, 4.69) is 6.92 Å². The van der Waals surface area contributed by atoms with Crippen LogP contribution in [0.2, 0.25) is 0 Å². The van der Waals surface area contributed by atoms with Crippen LogP contribution >= 0.6 is 0 Å². The van der Waals surface area contributed by atoms with E-state index in [4.69, 9.17) is 0 Å². The quantitative estimate of drug-likeness (QED) is 0.497. The summed E-state index contributed by atoms with van der Waals surface area (Å²) in [7, 11) is 0. The van der Waals surface area contributed by atoms with Gasteiger partial charge in [-0.15, -0.1) is 0 Å². The molecule has 64 valence electrons. The second kappa shape index (κ2) is 3.16. The lowest BCUT2D eigenvalue weighted by Gasteiger charge is -2.19. The lowest BCUT2D eigenvalue weighted by molar-refractivity contribution is 0.309. The van der Waals surface area contributed by atoms with Gasteiger partial charge < -0.3 is 0 Å². The molecule has 3 unspecified atom stereocenters. The van der Waals surface area contributed by atoms with Gasteiger partial charge in [0.1, 0.15) is 0 Å². The molecule has 0 N–H and O–H groups in total. The van der Waals surface area contributed by atoms with E-state index in [1.807, 2.05) is 0 Å². The minimum Gasteiger partial charge on any atom is -0.0622 e. The molecule has 0 aromatic carbocycles. The number of hydrogen-bond donors (Lipinski definition) is 0. The fraction of sp³-hybridized carbons (Fsp3) is 1.00. The second-order valence-electron chi connectivity index (χ2n) is 4.62. The van der Waals surface area contributed by atoms with Gasteiger partial charge >= 0.3 is 0 Å². The van der Waals surface area contributed by atoms with E-state index < -0.39 is 0 Å². The van der Waals surface area contributed by atoms with E-state index in [-0.39, 0.29) is 0 Å². The lowest BCUT2D eigenvalue weighted by Crippen LogP contribution is -2.10. The molecule has 2 aliphatic rings. The first-order chi connectivity index (χ1) is 5.38. The first-order valence-electron chi connectivity index (χ1n) is 5.38. The van der Waals surface area contributed by atoms with Crippen molar-refractivity contribution in [1.29, 1.82) is 0 Å². The minimum atomic E-state index is 1.05. The molecule has 0 bridgehead atoms. The average Bonchev–Trinajstić information content (AvgIpc) is 2.25. The largest absolute Gasteiger partial charge is 0.0622 e. The summed E-state index contributed by atoms with van der Waals surface area (Å²) in [5.41, 5.74) is 0. The van der Waals surface area contributed by atoms with Crippen LogP contribution in [0.3, 0.4) is 0 Å². The molecule has 0 saturated heterocycles. The molecule has 2 saturated carbocycles. The summed E-state index contributed by atoms with van der Waals surface area (Å²) in [6.07, 6.45) is 10.7. The van der Waals surface area contributed by atoms with Gasteiger partial charge in [-0.25, -0.2) is 0 Å².